The number of Topliss-reactive ketones (excluding diaryl/α,β-unsaturated/α-hetero) is 1. The van der Waals surface area contributed by atoms with E-state index in [0.717, 1.165) is 5.56 Å². The average Bonchev–Trinajstić information content (AvgIpc) is 3.88. The molecule has 13 nitrogen and oxygen atoms in total. The molecule has 2 amide bonds. The van der Waals surface area contributed by atoms with Gasteiger partial charge in [-0.1, -0.05) is 35.9 Å². The second-order valence-electron chi connectivity index (χ2n) is 11.7. The summed E-state index contributed by atoms with van der Waals surface area (Å²) in [5.74, 6) is -4.78. The van der Waals surface area contributed by atoms with E-state index in [1.54, 1.807) is 12.1 Å². The maximum atomic E-state index is 13.1. The van der Waals surface area contributed by atoms with Gasteiger partial charge in [-0.05, 0) is 78.9 Å². The van der Waals surface area contributed by atoms with Crippen LogP contribution in [-0.4, -0.2) is 62.5 Å². The van der Waals surface area contributed by atoms with Crippen LogP contribution in [0.15, 0.2) is 72.8 Å². The number of benzene rings is 3. The van der Waals surface area contributed by atoms with Gasteiger partial charge >= 0.3 is 18.2 Å². The van der Waals surface area contributed by atoms with Crippen molar-refractivity contribution in [2.75, 3.05) is 17.2 Å². The lowest BCUT2D eigenvalue weighted by molar-refractivity contribution is -0.154. The smallest absolute Gasteiger partial charge is 0.422 e. The molecular weight excluding hydrogens is 714 g/mol. The molecule has 5 rings (SSSR count). The summed E-state index contributed by atoms with van der Waals surface area (Å²) < 4.78 is 56.6. The Labute approximate surface area is 298 Å². The Kier molecular flexibility index (Phi) is 11.5. The summed E-state index contributed by atoms with van der Waals surface area (Å²) in [6, 6.07) is 15.7. The lowest BCUT2D eigenvalue weighted by Crippen LogP contribution is -2.41. The number of carboxylic acids is 1. The first kappa shape index (κ1) is 37.4. The third-order valence-electron chi connectivity index (χ3n) is 7.76. The number of nitrogens with one attached hydrogen (secondary N) is 4. The van der Waals surface area contributed by atoms with Crippen LogP contribution in [0.3, 0.4) is 0 Å². The first-order valence-electron chi connectivity index (χ1n) is 15.6. The van der Waals surface area contributed by atoms with E-state index < -0.39 is 66.2 Å². The highest BCUT2D eigenvalue weighted by atomic mass is 35.5. The van der Waals surface area contributed by atoms with Crippen molar-refractivity contribution in [2.24, 2.45) is 0 Å². The normalized spacial score (nSPS) is 13.7. The zero-order valence-corrected chi connectivity index (χ0v) is 27.7. The predicted octanol–water partition coefficient (Wildman–Crippen LogP) is 5.30. The summed E-state index contributed by atoms with van der Waals surface area (Å²) in [6.07, 6.45) is -4.12. The SMILES string of the molecule is O=C(CC[C@H](NC(=O)c1ccc(Nc2nc(NC3(c4ccc(Cl)cc4)CC3)nc(OCC(F)(F)F)n2)cc1)C(=O)O)C(=O)NCc1ccc(F)cc1. The average molecular weight is 744 g/mol. The van der Waals surface area contributed by atoms with Crippen molar-refractivity contribution in [1.29, 1.82) is 0 Å². The Balaban J connectivity index is 1.20. The molecule has 0 aliphatic heterocycles. The molecule has 5 N–H and O–H groups in total. The molecule has 1 atom stereocenters. The lowest BCUT2D eigenvalue weighted by Gasteiger charge is -2.19. The van der Waals surface area contributed by atoms with Crippen LogP contribution in [0.2, 0.25) is 5.02 Å². The van der Waals surface area contributed by atoms with Crippen molar-refractivity contribution in [1.82, 2.24) is 25.6 Å². The number of alkyl halides is 3. The quantitative estimate of drug-likeness (QED) is 0.0742. The largest absolute Gasteiger partial charge is 0.480 e. The van der Waals surface area contributed by atoms with Crippen molar-refractivity contribution in [3.8, 4) is 6.01 Å². The Morgan fingerprint density at radius 2 is 1.56 bits per heavy atom. The summed E-state index contributed by atoms with van der Waals surface area (Å²) in [7, 11) is 0. The molecule has 0 radical (unpaired) electrons. The molecule has 4 aromatic rings. The van der Waals surface area contributed by atoms with Gasteiger partial charge in [-0.2, -0.15) is 28.1 Å². The summed E-state index contributed by atoms with van der Waals surface area (Å²) in [4.78, 5) is 61.4. The molecule has 0 unspecified atom stereocenters. The van der Waals surface area contributed by atoms with E-state index in [9.17, 15) is 41.8 Å². The molecule has 1 fully saturated rings. The molecule has 1 aromatic heterocycles. The van der Waals surface area contributed by atoms with Crippen LogP contribution < -0.4 is 26.0 Å². The predicted molar refractivity (Wildman–Crippen MR) is 178 cm³/mol. The van der Waals surface area contributed by atoms with Gasteiger partial charge in [0.25, 0.3) is 11.8 Å². The Bertz CT molecular complexity index is 1930. The highest BCUT2D eigenvalue weighted by Crippen LogP contribution is 2.48. The molecule has 18 heteroatoms. The van der Waals surface area contributed by atoms with E-state index in [-0.39, 0.29) is 30.4 Å². The van der Waals surface area contributed by atoms with Crippen molar-refractivity contribution in [3.63, 3.8) is 0 Å². The fourth-order valence-electron chi connectivity index (χ4n) is 4.88. The van der Waals surface area contributed by atoms with Gasteiger partial charge in [-0.3, -0.25) is 14.4 Å². The number of carbonyl (C=O) groups is 4. The fourth-order valence-corrected chi connectivity index (χ4v) is 5.00. The Morgan fingerprint density at radius 1 is 0.904 bits per heavy atom. The van der Waals surface area contributed by atoms with E-state index in [4.69, 9.17) is 16.3 Å². The molecule has 0 spiro atoms. The molecule has 3 aromatic carbocycles. The van der Waals surface area contributed by atoms with Crippen LogP contribution in [0.4, 0.5) is 35.1 Å². The number of hydrogen-bond donors (Lipinski definition) is 5. The van der Waals surface area contributed by atoms with Crippen molar-refractivity contribution in [3.05, 3.63) is 100 Å². The molecule has 272 valence electrons. The van der Waals surface area contributed by atoms with Gasteiger partial charge in [0.05, 0.1) is 5.54 Å². The number of rotatable bonds is 16. The van der Waals surface area contributed by atoms with Crippen molar-refractivity contribution >= 4 is 52.8 Å². The Hall–Kier alpha value is -5.84. The van der Waals surface area contributed by atoms with Crippen LogP contribution in [-0.2, 0) is 26.5 Å². The number of amides is 2. The molecule has 1 saturated carbocycles. The summed E-state index contributed by atoms with van der Waals surface area (Å²) in [6.45, 7) is -1.68. The molecule has 1 aliphatic carbocycles. The molecule has 0 bridgehead atoms. The van der Waals surface area contributed by atoms with E-state index in [2.05, 4.69) is 36.2 Å². The van der Waals surface area contributed by atoms with Gasteiger partial charge in [-0.25, -0.2) is 9.18 Å². The standard InChI is InChI=1S/C34H30ClF4N7O6/c35-22-7-5-21(6-8-22)33(15-16-33)46-31-43-30(44-32(45-31)52-18-34(37,38)39)41-24-11-3-20(4-12-24)27(48)42-25(29(50)51)13-14-26(47)28(49)40-17-19-1-9-23(36)10-2-19/h1-12,25H,13-18H2,(H,40,49)(H,42,48)(H,50,51)(H2,41,43,44,45,46)/t25-/m0/s1. The van der Waals surface area contributed by atoms with Gasteiger partial charge in [0.1, 0.15) is 11.9 Å². The number of nitrogens with zero attached hydrogens (tertiary/aromatic N) is 3. The molecule has 0 saturated heterocycles. The lowest BCUT2D eigenvalue weighted by atomic mass is 10.1. The molecule has 52 heavy (non-hydrogen) atoms. The van der Waals surface area contributed by atoms with Crippen LogP contribution in [0.25, 0.3) is 0 Å². The summed E-state index contributed by atoms with van der Waals surface area (Å²) in [5.41, 5.74) is 1.19. The maximum absolute atomic E-state index is 13.1. The third-order valence-corrected chi connectivity index (χ3v) is 8.02. The monoisotopic (exact) mass is 743 g/mol. The minimum absolute atomic E-state index is 0.0333. The van der Waals surface area contributed by atoms with Gasteiger partial charge in [-0.15, -0.1) is 0 Å². The summed E-state index contributed by atoms with van der Waals surface area (Å²) in [5, 5.41) is 20.8. The number of ketones is 1. The zero-order chi connectivity index (χ0) is 37.5. The fraction of sp³-hybridized carbons (Fsp3) is 0.265. The van der Waals surface area contributed by atoms with Crippen LogP contribution in [0, 0.1) is 5.82 Å². The van der Waals surface area contributed by atoms with Gasteiger partial charge in [0, 0.05) is 29.2 Å². The summed E-state index contributed by atoms with van der Waals surface area (Å²) >= 11 is 6.01. The maximum Gasteiger partial charge on any atom is 0.422 e. The third kappa shape index (κ3) is 10.6. The van der Waals surface area contributed by atoms with Crippen LogP contribution in [0.1, 0.15) is 47.2 Å². The van der Waals surface area contributed by atoms with Crippen molar-refractivity contribution < 1.29 is 46.6 Å². The highest BCUT2D eigenvalue weighted by Gasteiger charge is 2.45. The first-order chi connectivity index (χ1) is 24.7. The van der Waals surface area contributed by atoms with E-state index >= 15 is 0 Å². The topological polar surface area (TPSA) is 185 Å². The van der Waals surface area contributed by atoms with Gasteiger partial charge in [0.2, 0.25) is 17.7 Å². The number of aromatic nitrogens is 3. The minimum Gasteiger partial charge on any atom is -0.480 e. The number of anilines is 3. The minimum atomic E-state index is -4.65. The van der Waals surface area contributed by atoms with Gasteiger partial charge < -0.3 is 31.1 Å². The highest BCUT2D eigenvalue weighted by molar-refractivity contribution is 6.36. The number of halogens is 5. The number of hydrogen-bond acceptors (Lipinski definition) is 10. The van der Waals surface area contributed by atoms with Crippen LogP contribution in [0.5, 0.6) is 6.01 Å². The van der Waals surface area contributed by atoms with E-state index in [0.29, 0.717) is 29.1 Å². The number of carboxylic acid groups (broad SMARTS) is 1. The number of carbonyl (C=O) groups excluding carboxylic acids is 3. The van der Waals surface area contributed by atoms with E-state index in [1.165, 1.54) is 48.5 Å². The number of ether oxygens (including phenoxy) is 1. The first-order valence-corrected chi connectivity index (χ1v) is 16.0. The molecular formula is C34H30ClF4N7O6. The zero-order valence-electron chi connectivity index (χ0n) is 27.0. The van der Waals surface area contributed by atoms with Gasteiger partial charge in [0.15, 0.2) is 6.61 Å². The van der Waals surface area contributed by atoms with E-state index in [1.807, 2.05) is 12.1 Å². The second kappa shape index (κ2) is 16.0. The Morgan fingerprint density at radius 3 is 2.17 bits per heavy atom. The second-order valence-corrected chi connectivity index (χ2v) is 12.2. The molecule has 1 aliphatic rings. The molecule has 1 heterocycles. The van der Waals surface area contributed by atoms with Crippen molar-refractivity contribution in [2.45, 2.75) is 50.0 Å². The van der Waals surface area contributed by atoms with Crippen LogP contribution >= 0.6 is 11.6 Å². The number of aliphatic carboxylic acids is 1.